The molecule has 0 saturated carbocycles. The second-order valence-corrected chi connectivity index (χ2v) is 4.12. The summed E-state index contributed by atoms with van der Waals surface area (Å²) < 4.78 is 7.13. The molecule has 0 aliphatic rings. The van der Waals surface area contributed by atoms with E-state index in [2.05, 4.69) is 10.1 Å². The van der Waals surface area contributed by atoms with E-state index in [9.17, 15) is 0 Å². The number of pyridine rings is 1. The lowest BCUT2D eigenvalue weighted by molar-refractivity contribution is 0.415. The zero-order valence-corrected chi connectivity index (χ0v) is 10.7. The van der Waals surface area contributed by atoms with Crippen molar-refractivity contribution in [1.82, 2.24) is 14.8 Å². The summed E-state index contributed by atoms with van der Waals surface area (Å²) >= 11 is 6.07. The number of nitrogens with one attached hydrogen (secondary N) is 1. The third kappa shape index (κ3) is 2.28. The molecule has 0 saturated heterocycles. The van der Waals surface area contributed by atoms with E-state index in [0.717, 1.165) is 5.69 Å². The number of hydrogen-bond acceptors (Lipinski definition) is 4. The number of rotatable bonds is 3. The monoisotopic (exact) mass is 265 g/mol. The largest absolute Gasteiger partial charge is 0.419 e. The van der Waals surface area contributed by atoms with Crippen molar-refractivity contribution in [2.45, 2.75) is 6.92 Å². The van der Waals surface area contributed by atoms with E-state index in [-0.39, 0.29) is 16.7 Å². The van der Waals surface area contributed by atoms with Gasteiger partial charge in [0.15, 0.2) is 0 Å². The van der Waals surface area contributed by atoms with E-state index in [0.29, 0.717) is 11.4 Å². The van der Waals surface area contributed by atoms with Gasteiger partial charge >= 0.3 is 0 Å². The van der Waals surface area contributed by atoms with Crippen LogP contribution in [0.4, 0.5) is 0 Å². The van der Waals surface area contributed by atoms with Crippen molar-refractivity contribution in [2.75, 3.05) is 0 Å². The van der Waals surface area contributed by atoms with Crippen LogP contribution in [0, 0.1) is 12.3 Å². The van der Waals surface area contributed by atoms with Gasteiger partial charge in [0.2, 0.25) is 11.8 Å². The molecule has 0 aliphatic carbocycles. The summed E-state index contributed by atoms with van der Waals surface area (Å²) in [7, 11) is 1.76. The van der Waals surface area contributed by atoms with Crippen LogP contribution in [0.25, 0.3) is 0 Å². The fourth-order valence-electron chi connectivity index (χ4n) is 1.49. The molecule has 0 amide bonds. The molecule has 0 atom stereocenters. The molecule has 0 unspecified atom stereocenters. The quantitative estimate of drug-likeness (QED) is 0.655. The van der Waals surface area contributed by atoms with Gasteiger partial charge < -0.3 is 10.5 Å². The molecule has 0 bridgehead atoms. The molecule has 6 nitrogen and oxygen atoms in total. The maximum Gasteiger partial charge on any atom is 0.240 e. The molecule has 0 fully saturated rings. The Morgan fingerprint density at radius 2 is 2.28 bits per heavy atom. The average molecular weight is 266 g/mol. The summed E-state index contributed by atoms with van der Waals surface area (Å²) in [6, 6.07) is 3.32. The van der Waals surface area contributed by atoms with Crippen molar-refractivity contribution < 1.29 is 4.74 Å². The highest BCUT2D eigenvalue weighted by atomic mass is 35.5. The van der Waals surface area contributed by atoms with Crippen LogP contribution in [0.2, 0.25) is 5.02 Å². The van der Waals surface area contributed by atoms with Crippen molar-refractivity contribution in [2.24, 2.45) is 12.8 Å². The molecule has 0 spiro atoms. The Morgan fingerprint density at radius 3 is 2.83 bits per heavy atom. The third-order valence-corrected chi connectivity index (χ3v) is 2.67. The predicted octanol–water partition coefficient (Wildman–Crippen LogP) is 1.85. The van der Waals surface area contributed by atoms with Crippen LogP contribution in [-0.2, 0) is 7.05 Å². The first-order chi connectivity index (χ1) is 8.49. The Kier molecular flexibility index (Phi) is 3.20. The predicted molar refractivity (Wildman–Crippen MR) is 68.3 cm³/mol. The third-order valence-electron chi connectivity index (χ3n) is 2.31. The Hall–Kier alpha value is -2.08. The van der Waals surface area contributed by atoms with E-state index in [1.54, 1.807) is 23.9 Å². The molecule has 2 aromatic rings. The first kappa shape index (κ1) is 12.4. The average Bonchev–Trinajstić information content (AvgIpc) is 2.60. The molecule has 94 valence electrons. The minimum absolute atomic E-state index is 0.131. The number of nitrogens with zero attached hydrogens (tertiary/aromatic N) is 3. The Morgan fingerprint density at radius 1 is 1.56 bits per heavy atom. The summed E-state index contributed by atoms with van der Waals surface area (Å²) in [6.07, 6.45) is 1.49. The summed E-state index contributed by atoms with van der Waals surface area (Å²) in [6.45, 7) is 1.86. The zero-order chi connectivity index (χ0) is 13.3. The number of aromatic nitrogens is 3. The van der Waals surface area contributed by atoms with Gasteiger partial charge in [-0.2, -0.15) is 5.10 Å². The van der Waals surface area contributed by atoms with E-state index in [1.807, 2.05) is 6.92 Å². The van der Waals surface area contributed by atoms with Crippen LogP contribution in [0.15, 0.2) is 18.3 Å². The second-order valence-electron chi connectivity index (χ2n) is 3.74. The highest BCUT2D eigenvalue weighted by Crippen LogP contribution is 2.29. The molecule has 2 heterocycles. The van der Waals surface area contributed by atoms with Crippen molar-refractivity contribution in [1.29, 1.82) is 5.41 Å². The lowest BCUT2D eigenvalue weighted by Crippen LogP contribution is -2.12. The molecule has 0 aliphatic heterocycles. The fourth-order valence-corrected chi connectivity index (χ4v) is 1.74. The van der Waals surface area contributed by atoms with Crippen LogP contribution in [0.1, 0.15) is 11.3 Å². The SMILES string of the molecule is Cc1cc(Oc2nccc(C(=N)N)c2Cl)n(C)n1. The summed E-state index contributed by atoms with van der Waals surface area (Å²) in [4.78, 5) is 4.02. The lowest BCUT2D eigenvalue weighted by Gasteiger charge is -2.08. The number of nitrogen functional groups attached to an aromatic ring is 1. The van der Waals surface area contributed by atoms with Gasteiger partial charge in [-0.3, -0.25) is 5.41 Å². The number of hydrogen-bond donors (Lipinski definition) is 2. The molecule has 3 N–H and O–H groups in total. The van der Waals surface area contributed by atoms with Crippen molar-refractivity contribution in [3.63, 3.8) is 0 Å². The normalized spacial score (nSPS) is 10.4. The first-order valence-corrected chi connectivity index (χ1v) is 5.54. The molecule has 7 heteroatoms. The van der Waals surface area contributed by atoms with E-state index >= 15 is 0 Å². The van der Waals surface area contributed by atoms with Gasteiger partial charge in [-0.15, -0.1) is 0 Å². The van der Waals surface area contributed by atoms with Crippen molar-refractivity contribution >= 4 is 17.4 Å². The molecule has 0 radical (unpaired) electrons. The smallest absolute Gasteiger partial charge is 0.240 e. The van der Waals surface area contributed by atoms with E-state index < -0.39 is 0 Å². The van der Waals surface area contributed by atoms with Crippen LogP contribution in [0.3, 0.4) is 0 Å². The van der Waals surface area contributed by atoms with Gasteiger partial charge in [0.05, 0.1) is 5.69 Å². The fraction of sp³-hybridized carbons (Fsp3) is 0.182. The maximum absolute atomic E-state index is 7.39. The van der Waals surface area contributed by atoms with Gasteiger partial charge in [-0.1, -0.05) is 11.6 Å². The first-order valence-electron chi connectivity index (χ1n) is 5.16. The molecular weight excluding hydrogens is 254 g/mol. The number of nitrogens with two attached hydrogens (primary N) is 1. The van der Waals surface area contributed by atoms with Gasteiger partial charge in [0.1, 0.15) is 10.9 Å². The highest BCUT2D eigenvalue weighted by Gasteiger charge is 2.13. The Labute approximate surface area is 109 Å². The van der Waals surface area contributed by atoms with Gasteiger partial charge in [0, 0.05) is 24.9 Å². The maximum atomic E-state index is 7.39. The molecule has 2 aromatic heterocycles. The standard InChI is InChI=1S/C11H12ClN5O/c1-6-5-8(17(2)16-6)18-11-9(12)7(10(13)14)3-4-15-11/h3-5H,1-2H3,(H3,13,14). The number of halogens is 1. The summed E-state index contributed by atoms with van der Waals surface area (Å²) in [5.74, 6) is 0.586. The summed E-state index contributed by atoms with van der Waals surface area (Å²) in [5.41, 5.74) is 6.62. The van der Waals surface area contributed by atoms with Crippen molar-refractivity contribution in [3.05, 3.63) is 34.6 Å². The van der Waals surface area contributed by atoms with Crippen LogP contribution in [0.5, 0.6) is 11.8 Å². The van der Waals surface area contributed by atoms with Crippen LogP contribution < -0.4 is 10.5 Å². The van der Waals surface area contributed by atoms with Gasteiger partial charge in [-0.25, -0.2) is 9.67 Å². The Balaban J connectivity index is 2.38. The number of ether oxygens (including phenoxy) is 1. The van der Waals surface area contributed by atoms with Crippen LogP contribution >= 0.6 is 11.6 Å². The minimum Gasteiger partial charge on any atom is -0.419 e. The number of aryl methyl sites for hydroxylation is 2. The molecule has 18 heavy (non-hydrogen) atoms. The topological polar surface area (TPSA) is 89.8 Å². The second kappa shape index (κ2) is 4.66. The number of amidine groups is 1. The molecule has 2 rings (SSSR count). The molecular formula is C11H12ClN5O. The van der Waals surface area contributed by atoms with Crippen LogP contribution in [-0.4, -0.2) is 20.6 Å². The van der Waals surface area contributed by atoms with Gasteiger partial charge in [-0.05, 0) is 13.0 Å². The van der Waals surface area contributed by atoms with Gasteiger partial charge in [0.25, 0.3) is 0 Å². The van der Waals surface area contributed by atoms with E-state index in [4.69, 9.17) is 27.5 Å². The van der Waals surface area contributed by atoms with E-state index in [1.165, 1.54) is 6.20 Å². The zero-order valence-electron chi connectivity index (χ0n) is 9.94. The Bertz CT molecular complexity index is 607. The minimum atomic E-state index is -0.131. The summed E-state index contributed by atoms with van der Waals surface area (Å²) in [5, 5.41) is 11.8. The lowest BCUT2D eigenvalue weighted by atomic mass is 10.2. The molecule has 0 aromatic carbocycles. The highest BCUT2D eigenvalue weighted by molar-refractivity contribution is 6.35. The van der Waals surface area contributed by atoms with Crippen molar-refractivity contribution in [3.8, 4) is 11.8 Å².